The van der Waals surface area contributed by atoms with Crippen LogP contribution in [-0.4, -0.2) is 7.11 Å². The third-order valence-corrected chi connectivity index (χ3v) is 7.84. The first-order valence-electron chi connectivity index (χ1n) is 13.5. The van der Waals surface area contributed by atoms with Crippen LogP contribution < -0.4 is 0 Å². The highest BCUT2D eigenvalue weighted by molar-refractivity contribution is 5.47. The summed E-state index contributed by atoms with van der Waals surface area (Å²) < 4.78 is 5.55. The van der Waals surface area contributed by atoms with Crippen LogP contribution in [0.1, 0.15) is 106 Å². The van der Waals surface area contributed by atoms with E-state index < -0.39 is 0 Å². The van der Waals surface area contributed by atoms with Crippen molar-refractivity contribution in [3.05, 3.63) is 77.4 Å². The second-order valence-corrected chi connectivity index (χ2v) is 10.2. The molecule has 2 aromatic carbocycles. The number of methoxy groups -OCH3 is 1. The quantitative estimate of drug-likeness (QED) is 0.263. The van der Waals surface area contributed by atoms with E-state index in [2.05, 4.69) is 62.0 Å². The standard InChI is InChI=1S/C32H46O/c1-4-26-14-16-27(17-15-26)10-6-7-11-28-18-20-29(21-19-28)12-8-9-13-30-22-24-31(25-23-30)32(5-2)33-3/h4,14-17,22-25,28-29,32H,1,5-13,18-21H2,2-3H3/t28-,29-,32?. The molecule has 1 aliphatic rings. The number of ether oxygens (including phenoxy) is 1. The second-order valence-electron chi connectivity index (χ2n) is 10.2. The lowest BCUT2D eigenvalue weighted by atomic mass is 9.78. The highest BCUT2D eigenvalue weighted by atomic mass is 16.5. The molecule has 1 saturated carbocycles. The van der Waals surface area contributed by atoms with Crippen molar-refractivity contribution in [1.29, 1.82) is 0 Å². The van der Waals surface area contributed by atoms with Gasteiger partial charge in [0, 0.05) is 7.11 Å². The van der Waals surface area contributed by atoms with E-state index in [1.807, 2.05) is 6.08 Å². The molecule has 0 radical (unpaired) electrons. The average molecular weight is 447 g/mol. The second kappa shape index (κ2) is 14.4. The Bertz CT molecular complexity index is 776. The van der Waals surface area contributed by atoms with Gasteiger partial charge in [0.25, 0.3) is 0 Å². The summed E-state index contributed by atoms with van der Waals surface area (Å²) in [5.74, 6) is 1.97. The van der Waals surface area contributed by atoms with Crippen molar-refractivity contribution in [1.82, 2.24) is 0 Å². The summed E-state index contributed by atoms with van der Waals surface area (Å²) in [5.41, 5.74) is 5.48. The van der Waals surface area contributed by atoms with Crippen LogP contribution in [0.25, 0.3) is 6.08 Å². The molecule has 0 saturated heterocycles. The summed E-state index contributed by atoms with van der Waals surface area (Å²) in [4.78, 5) is 0. The Labute approximate surface area is 203 Å². The van der Waals surface area contributed by atoms with Gasteiger partial charge in [-0.25, -0.2) is 0 Å². The van der Waals surface area contributed by atoms with Crippen molar-refractivity contribution in [2.24, 2.45) is 11.8 Å². The molecule has 0 amide bonds. The van der Waals surface area contributed by atoms with Gasteiger partial charge in [0.2, 0.25) is 0 Å². The lowest BCUT2D eigenvalue weighted by Crippen LogP contribution is -2.14. The van der Waals surface area contributed by atoms with Crippen LogP contribution in [0.5, 0.6) is 0 Å². The van der Waals surface area contributed by atoms with Crippen LogP contribution in [0.15, 0.2) is 55.1 Å². The monoisotopic (exact) mass is 446 g/mol. The Morgan fingerprint density at radius 1 is 0.788 bits per heavy atom. The summed E-state index contributed by atoms with van der Waals surface area (Å²) in [6, 6.07) is 18.0. The number of benzene rings is 2. The largest absolute Gasteiger partial charge is 0.377 e. The fourth-order valence-corrected chi connectivity index (χ4v) is 5.59. The number of aryl methyl sites for hydroxylation is 2. The Morgan fingerprint density at radius 2 is 1.27 bits per heavy atom. The zero-order chi connectivity index (χ0) is 23.3. The van der Waals surface area contributed by atoms with Gasteiger partial charge in [0.1, 0.15) is 0 Å². The van der Waals surface area contributed by atoms with E-state index in [0.29, 0.717) is 0 Å². The molecular formula is C32H46O. The smallest absolute Gasteiger partial charge is 0.0818 e. The minimum Gasteiger partial charge on any atom is -0.377 e. The van der Waals surface area contributed by atoms with Crippen LogP contribution >= 0.6 is 0 Å². The van der Waals surface area contributed by atoms with E-state index >= 15 is 0 Å². The zero-order valence-corrected chi connectivity index (χ0v) is 21.2. The molecule has 1 aliphatic carbocycles. The first kappa shape index (κ1) is 25.8. The molecule has 3 rings (SSSR count). The first-order valence-corrected chi connectivity index (χ1v) is 13.5. The number of hydrogen-bond acceptors (Lipinski definition) is 1. The Balaban J connectivity index is 1.23. The van der Waals surface area contributed by atoms with Crippen molar-refractivity contribution in [3.8, 4) is 0 Å². The van der Waals surface area contributed by atoms with Gasteiger partial charge in [-0.1, -0.05) is 119 Å². The van der Waals surface area contributed by atoms with Gasteiger partial charge in [-0.05, 0) is 66.2 Å². The molecule has 1 atom stereocenters. The lowest BCUT2D eigenvalue weighted by Gasteiger charge is -2.28. The van der Waals surface area contributed by atoms with Crippen molar-refractivity contribution in [3.63, 3.8) is 0 Å². The van der Waals surface area contributed by atoms with Gasteiger partial charge in [-0.3, -0.25) is 0 Å². The third-order valence-electron chi connectivity index (χ3n) is 7.84. The van der Waals surface area contributed by atoms with Crippen molar-refractivity contribution >= 4 is 6.08 Å². The molecule has 1 heteroatoms. The fraction of sp³-hybridized carbons (Fsp3) is 0.562. The number of rotatable bonds is 14. The molecule has 0 bridgehead atoms. The maximum absolute atomic E-state index is 5.55. The molecule has 0 aromatic heterocycles. The molecule has 1 nitrogen and oxygen atoms in total. The number of hydrogen-bond donors (Lipinski definition) is 0. The van der Waals surface area contributed by atoms with Crippen molar-refractivity contribution < 1.29 is 4.74 Å². The summed E-state index contributed by atoms with van der Waals surface area (Å²) in [5, 5.41) is 0. The molecule has 33 heavy (non-hydrogen) atoms. The van der Waals surface area contributed by atoms with Crippen molar-refractivity contribution in [2.75, 3.05) is 7.11 Å². The van der Waals surface area contributed by atoms with Crippen LogP contribution in [0.2, 0.25) is 0 Å². The molecule has 180 valence electrons. The van der Waals surface area contributed by atoms with E-state index in [4.69, 9.17) is 4.74 Å². The summed E-state index contributed by atoms with van der Waals surface area (Å²) in [7, 11) is 1.81. The highest BCUT2D eigenvalue weighted by Crippen LogP contribution is 2.34. The molecule has 0 aliphatic heterocycles. The summed E-state index contributed by atoms with van der Waals surface area (Å²) >= 11 is 0. The average Bonchev–Trinajstić information content (AvgIpc) is 2.87. The topological polar surface area (TPSA) is 9.23 Å². The van der Waals surface area contributed by atoms with Gasteiger partial charge in [-0.2, -0.15) is 0 Å². The summed E-state index contributed by atoms with van der Waals surface area (Å²) in [6.45, 7) is 6.02. The molecule has 0 N–H and O–H groups in total. The third kappa shape index (κ3) is 8.78. The predicted molar refractivity (Wildman–Crippen MR) is 144 cm³/mol. The van der Waals surface area contributed by atoms with Gasteiger partial charge >= 0.3 is 0 Å². The van der Waals surface area contributed by atoms with Crippen LogP contribution in [0.4, 0.5) is 0 Å². The van der Waals surface area contributed by atoms with E-state index in [1.54, 1.807) is 7.11 Å². The highest BCUT2D eigenvalue weighted by Gasteiger charge is 2.20. The fourth-order valence-electron chi connectivity index (χ4n) is 5.59. The van der Waals surface area contributed by atoms with E-state index in [9.17, 15) is 0 Å². The van der Waals surface area contributed by atoms with E-state index in [0.717, 1.165) is 18.3 Å². The molecule has 1 fully saturated rings. The Kier molecular flexibility index (Phi) is 11.2. The van der Waals surface area contributed by atoms with Crippen LogP contribution in [0.3, 0.4) is 0 Å². The number of unbranched alkanes of at least 4 members (excludes halogenated alkanes) is 2. The molecule has 1 unspecified atom stereocenters. The van der Waals surface area contributed by atoms with Gasteiger partial charge < -0.3 is 4.74 Å². The Hall–Kier alpha value is -1.86. The summed E-state index contributed by atoms with van der Waals surface area (Å²) in [6.07, 6.45) is 19.8. The molecule has 0 heterocycles. The minimum atomic E-state index is 0.240. The predicted octanol–water partition coefficient (Wildman–Crippen LogP) is 9.36. The van der Waals surface area contributed by atoms with Crippen LogP contribution in [-0.2, 0) is 17.6 Å². The van der Waals surface area contributed by atoms with E-state index in [-0.39, 0.29) is 6.10 Å². The zero-order valence-electron chi connectivity index (χ0n) is 21.2. The Morgan fingerprint density at radius 3 is 1.70 bits per heavy atom. The van der Waals surface area contributed by atoms with Crippen molar-refractivity contribution in [2.45, 2.75) is 96.5 Å². The maximum atomic E-state index is 5.55. The van der Waals surface area contributed by atoms with E-state index in [1.165, 1.54) is 99.3 Å². The van der Waals surface area contributed by atoms with Crippen LogP contribution in [0, 0.1) is 11.8 Å². The van der Waals surface area contributed by atoms with Gasteiger partial charge in [-0.15, -0.1) is 0 Å². The minimum absolute atomic E-state index is 0.240. The maximum Gasteiger partial charge on any atom is 0.0818 e. The molecule has 2 aromatic rings. The SMILES string of the molecule is C=Cc1ccc(CCCC[C@H]2CC[C@H](CCCCc3ccc(C(CC)OC)cc3)CC2)cc1. The normalized spacial score (nSPS) is 19.3. The molecule has 0 spiro atoms. The first-order chi connectivity index (χ1) is 16.2. The van der Waals surface area contributed by atoms with Gasteiger partial charge in [0.05, 0.1) is 6.10 Å². The van der Waals surface area contributed by atoms with Gasteiger partial charge in [0.15, 0.2) is 0 Å². The lowest BCUT2D eigenvalue weighted by molar-refractivity contribution is 0.100. The molecular weight excluding hydrogens is 400 g/mol.